The molecule has 41 heavy (non-hydrogen) atoms. The Morgan fingerprint density at radius 3 is 1.90 bits per heavy atom. The van der Waals surface area contributed by atoms with Crippen molar-refractivity contribution in [2.45, 2.75) is 31.0 Å². The molecule has 0 aromatic heterocycles. The van der Waals surface area contributed by atoms with Gasteiger partial charge in [0.25, 0.3) is 0 Å². The first-order valence-corrected chi connectivity index (χ1v) is 13.3. The third-order valence-electron chi connectivity index (χ3n) is 7.78. The monoisotopic (exact) mass is 554 g/mol. The van der Waals surface area contributed by atoms with Gasteiger partial charge in [0, 0.05) is 35.6 Å². The van der Waals surface area contributed by atoms with Crippen molar-refractivity contribution >= 4 is 5.78 Å². The van der Waals surface area contributed by atoms with E-state index in [0.29, 0.717) is 29.0 Å². The van der Waals surface area contributed by atoms with Crippen molar-refractivity contribution in [3.8, 4) is 40.2 Å². The number of ether oxygens (including phenoxy) is 5. The van der Waals surface area contributed by atoms with Crippen molar-refractivity contribution in [1.29, 1.82) is 0 Å². The van der Waals surface area contributed by atoms with Crippen molar-refractivity contribution in [2.75, 3.05) is 21.3 Å². The van der Waals surface area contributed by atoms with Crippen LogP contribution in [-0.4, -0.2) is 37.3 Å². The molecule has 0 amide bonds. The molecule has 2 aliphatic heterocycles. The number of hydrogen-bond acceptors (Lipinski definition) is 8. The maximum Gasteiger partial charge on any atom is 0.203 e. The summed E-state index contributed by atoms with van der Waals surface area (Å²) in [5.74, 6) is 0.308. The minimum absolute atomic E-state index is 0.0964. The standard InChI is InChI=1S/C33H30O8/c1-37-26-17-23(36)31(39-3)33-29(26)20(14-24(41-33)18-10-6-4-7-11-18)28-21(34)16-27(38-2)30-22(35)15-25(40-32(28)30)19-12-8-5-9-13-19/h4-13,16-17,20,24-25,34,36H,14-15H2,1-3H3/t20-,24-,25?/m0/s1. The number of aromatic hydroxyl groups is 2. The smallest absolute Gasteiger partial charge is 0.203 e. The zero-order valence-electron chi connectivity index (χ0n) is 22.9. The molecular formula is C33H30O8. The molecule has 2 aliphatic rings. The van der Waals surface area contributed by atoms with Crippen molar-refractivity contribution < 1.29 is 38.7 Å². The lowest BCUT2D eigenvalue weighted by Crippen LogP contribution is -2.25. The number of hydrogen-bond donors (Lipinski definition) is 2. The molecule has 8 heteroatoms. The Labute approximate surface area is 237 Å². The van der Waals surface area contributed by atoms with Gasteiger partial charge in [-0.1, -0.05) is 60.7 Å². The van der Waals surface area contributed by atoms with Gasteiger partial charge in [-0.25, -0.2) is 0 Å². The van der Waals surface area contributed by atoms with Gasteiger partial charge in [-0.2, -0.15) is 0 Å². The average Bonchev–Trinajstić information content (AvgIpc) is 3.00. The first-order chi connectivity index (χ1) is 19.9. The summed E-state index contributed by atoms with van der Waals surface area (Å²) in [6.45, 7) is 0. The summed E-state index contributed by atoms with van der Waals surface area (Å²) in [7, 11) is 4.40. The van der Waals surface area contributed by atoms with Crippen molar-refractivity contribution in [3.63, 3.8) is 0 Å². The lowest BCUT2D eigenvalue weighted by atomic mass is 9.79. The van der Waals surface area contributed by atoms with Crippen LogP contribution >= 0.6 is 0 Å². The summed E-state index contributed by atoms with van der Waals surface area (Å²) < 4.78 is 29.9. The number of carbonyl (C=O) groups excluding carboxylic acids is 1. The molecule has 210 valence electrons. The highest BCUT2D eigenvalue weighted by Crippen LogP contribution is 2.59. The van der Waals surface area contributed by atoms with Crippen LogP contribution in [0.15, 0.2) is 72.8 Å². The van der Waals surface area contributed by atoms with E-state index < -0.39 is 18.1 Å². The maximum absolute atomic E-state index is 13.7. The van der Waals surface area contributed by atoms with E-state index in [1.807, 2.05) is 60.7 Å². The Kier molecular flexibility index (Phi) is 6.83. The Balaban J connectivity index is 1.61. The molecule has 6 rings (SSSR count). The molecule has 4 aromatic carbocycles. The number of methoxy groups -OCH3 is 3. The van der Waals surface area contributed by atoms with E-state index in [4.69, 9.17) is 23.7 Å². The van der Waals surface area contributed by atoms with E-state index in [0.717, 1.165) is 11.1 Å². The molecule has 2 heterocycles. The lowest BCUT2D eigenvalue weighted by Gasteiger charge is -2.37. The van der Waals surface area contributed by atoms with Crippen molar-refractivity contribution in [2.24, 2.45) is 0 Å². The van der Waals surface area contributed by atoms with Gasteiger partial charge in [-0.15, -0.1) is 0 Å². The predicted molar refractivity (Wildman–Crippen MR) is 151 cm³/mol. The van der Waals surface area contributed by atoms with Crippen LogP contribution in [0.2, 0.25) is 0 Å². The molecule has 8 nitrogen and oxygen atoms in total. The van der Waals surface area contributed by atoms with Crippen LogP contribution in [0.1, 0.15) is 63.6 Å². The first kappa shape index (κ1) is 26.4. The van der Waals surface area contributed by atoms with Gasteiger partial charge in [0.05, 0.1) is 27.8 Å². The number of carbonyl (C=O) groups is 1. The van der Waals surface area contributed by atoms with Gasteiger partial charge in [-0.05, 0) is 11.1 Å². The maximum atomic E-state index is 13.7. The number of rotatable bonds is 6. The topological polar surface area (TPSA) is 104 Å². The van der Waals surface area contributed by atoms with Crippen LogP contribution in [0.25, 0.3) is 0 Å². The highest BCUT2D eigenvalue weighted by atomic mass is 16.5. The summed E-state index contributed by atoms with van der Waals surface area (Å²) in [5.41, 5.74) is 3.00. The summed E-state index contributed by atoms with van der Waals surface area (Å²) in [6.07, 6.45) is -0.529. The quantitative estimate of drug-likeness (QED) is 0.279. The highest BCUT2D eigenvalue weighted by Gasteiger charge is 2.42. The largest absolute Gasteiger partial charge is 0.507 e. The Bertz CT molecular complexity index is 1600. The molecule has 0 saturated carbocycles. The molecule has 3 atom stereocenters. The second-order valence-corrected chi connectivity index (χ2v) is 10.0. The number of phenolic OH excluding ortho intramolecular Hbond substituents is 2. The third kappa shape index (κ3) is 4.45. The SMILES string of the molecule is COc1cc(O)c([C@@H]2C[C@@H](c3ccccc3)Oc3c(OC)c(O)cc(OC)c32)c2c1C(=O)CC(c1ccccc1)O2. The molecule has 0 spiro atoms. The van der Waals surface area contributed by atoms with Crippen molar-refractivity contribution in [1.82, 2.24) is 0 Å². The van der Waals surface area contributed by atoms with Gasteiger partial charge in [0.15, 0.2) is 17.3 Å². The first-order valence-electron chi connectivity index (χ1n) is 13.3. The summed E-state index contributed by atoms with van der Waals surface area (Å²) >= 11 is 0. The van der Waals surface area contributed by atoms with E-state index in [1.165, 1.54) is 33.5 Å². The fourth-order valence-electron chi connectivity index (χ4n) is 5.92. The number of fused-ring (bicyclic) bond motifs is 2. The normalized spacial score (nSPS) is 19.3. The van der Waals surface area contributed by atoms with E-state index in [9.17, 15) is 15.0 Å². The van der Waals surface area contributed by atoms with E-state index >= 15 is 0 Å². The van der Waals surface area contributed by atoms with Gasteiger partial charge < -0.3 is 33.9 Å². The van der Waals surface area contributed by atoms with Crippen molar-refractivity contribution in [3.05, 3.63) is 101 Å². The van der Waals surface area contributed by atoms with Gasteiger partial charge in [0.2, 0.25) is 5.75 Å². The summed E-state index contributed by atoms with van der Waals surface area (Å²) in [4.78, 5) is 13.7. The summed E-state index contributed by atoms with van der Waals surface area (Å²) in [6, 6.07) is 22.1. The minimum Gasteiger partial charge on any atom is -0.507 e. The molecule has 0 saturated heterocycles. The number of Topliss-reactive ketones (excluding diaryl/α,β-unsaturated/α-hetero) is 1. The molecule has 1 unspecified atom stereocenters. The molecule has 0 bridgehead atoms. The Hall–Kier alpha value is -4.85. The number of benzene rings is 4. The van der Waals surface area contributed by atoms with Crippen LogP contribution < -0.4 is 23.7 Å². The van der Waals surface area contributed by atoms with Crippen LogP contribution in [0, 0.1) is 0 Å². The Morgan fingerprint density at radius 1 is 0.707 bits per heavy atom. The molecule has 4 aromatic rings. The fourth-order valence-corrected chi connectivity index (χ4v) is 5.92. The van der Waals surface area contributed by atoms with Crippen LogP contribution in [0.4, 0.5) is 0 Å². The lowest BCUT2D eigenvalue weighted by molar-refractivity contribution is 0.0839. The van der Waals surface area contributed by atoms with E-state index in [2.05, 4.69) is 0 Å². The predicted octanol–water partition coefficient (Wildman–Crippen LogP) is 6.49. The van der Waals surface area contributed by atoms with Gasteiger partial charge in [-0.3, -0.25) is 4.79 Å². The second-order valence-electron chi connectivity index (χ2n) is 10.0. The number of phenols is 2. The zero-order chi connectivity index (χ0) is 28.7. The Morgan fingerprint density at radius 2 is 1.29 bits per heavy atom. The third-order valence-corrected chi connectivity index (χ3v) is 7.78. The van der Waals surface area contributed by atoms with Gasteiger partial charge in [0.1, 0.15) is 40.8 Å². The molecule has 0 aliphatic carbocycles. The molecular weight excluding hydrogens is 524 g/mol. The zero-order valence-corrected chi connectivity index (χ0v) is 22.9. The van der Waals surface area contributed by atoms with Crippen LogP contribution in [0.3, 0.4) is 0 Å². The average molecular weight is 555 g/mol. The minimum atomic E-state index is -0.574. The van der Waals surface area contributed by atoms with Gasteiger partial charge >= 0.3 is 0 Å². The molecule has 2 N–H and O–H groups in total. The molecule has 0 radical (unpaired) electrons. The van der Waals surface area contributed by atoms with Crippen LogP contribution in [-0.2, 0) is 0 Å². The summed E-state index contributed by atoms with van der Waals surface area (Å²) in [5, 5.41) is 22.3. The molecule has 0 fully saturated rings. The fraction of sp³-hybridized carbons (Fsp3) is 0.242. The second kappa shape index (κ2) is 10.6. The highest BCUT2D eigenvalue weighted by molar-refractivity contribution is 6.03. The van der Waals surface area contributed by atoms with Crippen LogP contribution in [0.5, 0.6) is 40.2 Å². The van der Waals surface area contributed by atoms with E-state index in [1.54, 1.807) is 0 Å². The number of ketones is 1. The van der Waals surface area contributed by atoms with E-state index in [-0.39, 0.29) is 46.5 Å².